The molecule has 1 saturated heterocycles. The molecule has 3 nitrogen and oxygen atoms in total. The molecular formula is C14H20ClNO2S. The predicted molar refractivity (Wildman–Crippen MR) is 79.3 cm³/mol. The van der Waals surface area contributed by atoms with E-state index in [2.05, 4.69) is 11.8 Å². The van der Waals surface area contributed by atoms with Crippen molar-refractivity contribution in [2.75, 3.05) is 13.7 Å². The van der Waals surface area contributed by atoms with Crippen LogP contribution in [-0.4, -0.2) is 42.5 Å². The zero-order valence-electron chi connectivity index (χ0n) is 11.6. The summed E-state index contributed by atoms with van der Waals surface area (Å²) in [5, 5.41) is 0. The van der Waals surface area contributed by atoms with Gasteiger partial charge in [-0.05, 0) is 38.8 Å². The third-order valence-corrected chi connectivity index (χ3v) is 5.15. The highest BCUT2D eigenvalue weighted by molar-refractivity contribution is 7.18. The number of nitrogens with zero attached hydrogens (tertiary/aromatic N) is 1. The molecule has 0 bridgehead atoms. The summed E-state index contributed by atoms with van der Waals surface area (Å²) < 4.78 is 6.08. The first-order valence-electron chi connectivity index (χ1n) is 6.61. The van der Waals surface area contributed by atoms with Crippen LogP contribution in [-0.2, 0) is 4.74 Å². The van der Waals surface area contributed by atoms with Gasteiger partial charge in [0.15, 0.2) is 5.78 Å². The summed E-state index contributed by atoms with van der Waals surface area (Å²) in [5.74, 6) is 0.166. The predicted octanol–water partition coefficient (Wildman–Crippen LogP) is 3.47. The molecule has 1 fully saturated rings. The number of ether oxygens (including phenoxy) is 1. The quantitative estimate of drug-likeness (QED) is 0.798. The monoisotopic (exact) mass is 301 g/mol. The third-order valence-electron chi connectivity index (χ3n) is 3.91. The van der Waals surface area contributed by atoms with Gasteiger partial charge in [0, 0.05) is 19.7 Å². The number of piperidine rings is 1. The Morgan fingerprint density at radius 1 is 1.58 bits per heavy atom. The Balaban J connectivity index is 2.03. The lowest BCUT2D eigenvalue weighted by atomic mass is 9.97. The Morgan fingerprint density at radius 3 is 2.84 bits per heavy atom. The number of ketones is 1. The maximum Gasteiger partial charge on any atom is 0.189 e. The largest absolute Gasteiger partial charge is 0.381 e. The molecule has 5 heteroatoms. The Labute approximate surface area is 123 Å². The number of halogens is 1. The fourth-order valence-corrected chi connectivity index (χ4v) is 3.81. The number of hydrogen-bond acceptors (Lipinski definition) is 4. The van der Waals surface area contributed by atoms with Crippen LogP contribution in [0.2, 0.25) is 4.34 Å². The number of hydrogen-bond donors (Lipinski definition) is 0. The first kappa shape index (κ1) is 15.0. The van der Waals surface area contributed by atoms with E-state index in [-0.39, 0.29) is 11.8 Å². The minimum absolute atomic E-state index is 0.0949. The zero-order chi connectivity index (χ0) is 14.0. The first-order chi connectivity index (χ1) is 9.02. The summed E-state index contributed by atoms with van der Waals surface area (Å²) in [7, 11) is 1.76. The van der Waals surface area contributed by atoms with Crippen LogP contribution >= 0.6 is 22.9 Å². The SMILES string of the molecule is COC1CCN(C(C)C(=O)c2ccc(Cl)s2)C(C)C1. The number of methoxy groups -OCH3 is 1. The average Bonchev–Trinajstić information content (AvgIpc) is 2.83. The van der Waals surface area contributed by atoms with Crippen molar-refractivity contribution in [3.63, 3.8) is 0 Å². The van der Waals surface area contributed by atoms with Crippen molar-refractivity contribution >= 4 is 28.7 Å². The van der Waals surface area contributed by atoms with Gasteiger partial charge in [0.1, 0.15) is 0 Å². The van der Waals surface area contributed by atoms with Crippen LogP contribution in [0.15, 0.2) is 12.1 Å². The molecule has 0 aromatic carbocycles. The second-order valence-electron chi connectivity index (χ2n) is 5.11. The number of Topliss-reactive ketones (excluding diaryl/α,β-unsaturated/α-hetero) is 1. The molecule has 1 aliphatic heterocycles. The normalized spacial score (nSPS) is 26.3. The smallest absolute Gasteiger partial charge is 0.189 e. The van der Waals surface area contributed by atoms with E-state index in [0.29, 0.717) is 16.5 Å². The molecule has 0 N–H and O–H groups in total. The van der Waals surface area contributed by atoms with Crippen molar-refractivity contribution in [2.24, 2.45) is 0 Å². The van der Waals surface area contributed by atoms with Gasteiger partial charge in [-0.25, -0.2) is 0 Å². The summed E-state index contributed by atoms with van der Waals surface area (Å²) in [6.45, 7) is 5.06. The van der Waals surface area contributed by atoms with Crippen molar-refractivity contribution < 1.29 is 9.53 Å². The van der Waals surface area contributed by atoms with Crippen LogP contribution in [0.4, 0.5) is 0 Å². The van der Waals surface area contributed by atoms with Gasteiger partial charge in [0.25, 0.3) is 0 Å². The van der Waals surface area contributed by atoms with Crippen LogP contribution in [0, 0.1) is 0 Å². The molecule has 2 rings (SSSR count). The van der Waals surface area contributed by atoms with E-state index in [1.54, 1.807) is 13.2 Å². The third kappa shape index (κ3) is 3.37. The van der Waals surface area contributed by atoms with E-state index < -0.39 is 0 Å². The molecule has 0 amide bonds. The number of likely N-dealkylation sites (tertiary alicyclic amines) is 1. The van der Waals surface area contributed by atoms with Crippen LogP contribution in [0.1, 0.15) is 36.4 Å². The number of carbonyl (C=O) groups excluding carboxylic acids is 1. The summed E-state index contributed by atoms with van der Waals surface area (Å²) in [5.41, 5.74) is 0. The highest BCUT2D eigenvalue weighted by Crippen LogP contribution is 2.26. The molecule has 19 heavy (non-hydrogen) atoms. The van der Waals surface area contributed by atoms with Gasteiger partial charge >= 0.3 is 0 Å². The van der Waals surface area contributed by atoms with Gasteiger partial charge in [0.05, 0.1) is 21.4 Å². The van der Waals surface area contributed by atoms with Crippen molar-refractivity contribution in [1.29, 1.82) is 0 Å². The highest BCUT2D eigenvalue weighted by atomic mass is 35.5. The minimum atomic E-state index is -0.0949. The van der Waals surface area contributed by atoms with Crippen molar-refractivity contribution in [3.05, 3.63) is 21.3 Å². The van der Waals surface area contributed by atoms with E-state index in [1.807, 2.05) is 13.0 Å². The van der Waals surface area contributed by atoms with Gasteiger partial charge in [-0.15, -0.1) is 11.3 Å². The van der Waals surface area contributed by atoms with Gasteiger partial charge in [0.2, 0.25) is 0 Å². The standard InChI is InChI=1S/C14H20ClNO2S/c1-9-8-11(18-3)6-7-16(9)10(2)14(17)12-4-5-13(15)19-12/h4-5,9-11H,6-8H2,1-3H3. The summed E-state index contributed by atoms with van der Waals surface area (Å²) in [6.07, 6.45) is 2.30. The first-order valence-corrected chi connectivity index (χ1v) is 7.80. The van der Waals surface area contributed by atoms with Gasteiger partial charge in [-0.2, -0.15) is 0 Å². The molecule has 0 radical (unpaired) electrons. The van der Waals surface area contributed by atoms with Crippen molar-refractivity contribution in [2.45, 2.75) is 44.9 Å². The zero-order valence-corrected chi connectivity index (χ0v) is 13.1. The Hall–Kier alpha value is -0.420. The number of rotatable bonds is 4. The highest BCUT2D eigenvalue weighted by Gasteiger charge is 2.32. The molecule has 3 unspecified atom stereocenters. The molecule has 0 aliphatic carbocycles. The fraction of sp³-hybridized carbons (Fsp3) is 0.643. The van der Waals surface area contributed by atoms with E-state index in [1.165, 1.54) is 11.3 Å². The molecule has 1 aromatic heterocycles. The second kappa shape index (κ2) is 6.35. The molecular weight excluding hydrogens is 282 g/mol. The van der Waals surface area contributed by atoms with E-state index in [4.69, 9.17) is 16.3 Å². The van der Waals surface area contributed by atoms with Crippen molar-refractivity contribution in [3.8, 4) is 0 Å². The fourth-order valence-electron chi connectivity index (χ4n) is 2.74. The van der Waals surface area contributed by atoms with Crippen molar-refractivity contribution in [1.82, 2.24) is 4.90 Å². The second-order valence-corrected chi connectivity index (χ2v) is 6.83. The lowest BCUT2D eigenvalue weighted by molar-refractivity contribution is 0.00369. The molecule has 0 spiro atoms. The summed E-state index contributed by atoms with van der Waals surface area (Å²) in [6, 6.07) is 3.88. The number of carbonyl (C=O) groups is 1. The van der Waals surface area contributed by atoms with Gasteiger partial charge in [-0.1, -0.05) is 11.6 Å². The maximum atomic E-state index is 12.4. The van der Waals surface area contributed by atoms with Crippen LogP contribution < -0.4 is 0 Å². The number of thiophene rings is 1. The van der Waals surface area contributed by atoms with E-state index in [9.17, 15) is 4.79 Å². The average molecular weight is 302 g/mol. The Morgan fingerprint density at radius 2 is 2.32 bits per heavy atom. The van der Waals surface area contributed by atoms with Crippen LogP contribution in [0.3, 0.4) is 0 Å². The molecule has 3 atom stereocenters. The Bertz CT molecular complexity index is 448. The van der Waals surface area contributed by atoms with E-state index in [0.717, 1.165) is 24.3 Å². The molecule has 106 valence electrons. The molecule has 1 aliphatic rings. The lowest BCUT2D eigenvalue weighted by Crippen LogP contribution is -2.50. The summed E-state index contributed by atoms with van der Waals surface area (Å²) in [4.78, 5) is 15.5. The van der Waals surface area contributed by atoms with Gasteiger partial charge in [-0.3, -0.25) is 9.69 Å². The molecule has 0 saturated carbocycles. The minimum Gasteiger partial charge on any atom is -0.381 e. The topological polar surface area (TPSA) is 29.5 Å². The van der Waals surface area contributed by atoms with Crippen LogP contribution in [0.5, 0.6) is 0 Å². The van der Waals surface area contributed by atoms with E-state index >= 15 is 0 Å². The lowest BCUT2D eigenvalue weighted by Gasteiger charge is -2.40. The van der Waals surface area contributed by atoms with Crippen LogP contribution in [0.25, 0.3) is 0 Å². The summed E-state index contributed by atoms with van der Waals surface area (Å²) >= 11 is 7.26. The molecule has 1 aromatic rings. The molecule has 2 heterocycles. The Kier molecular flexibility index (Phi) is 5.01. The maximum absolute atomic E-state index is 12.4. The van der Waals surface area contributed by atoms with Gasteiger partial charge < -0.3 is 4.74 Å².